The maximum Gasteiger partial charge on any atom is 0.191 e. The Morgan fingerprint density at radius 2 is 1.82 bits per heavy atom. The van der Waals surface area contributed by atoms with Gasteiger partial charge in [-0.3, -0.25) is 4.99 Å². The molecule has 0 spiro atoms. The predicted molar refractivity (Wildman–Crippen MR) is 121 cm³/mol. The second-order valence-corrected chi connectivity index (χ2v) is 6.32. The van der Waals surface area contributed by atoms with Crippen molar-refractivity contribution in [3.8, 4) is 0 Å². The van der Waals surface area contributed by atoms with Gasteiger partial charge in [-0.15, -0.1) is 24.0 Å². The molecule has 0 amide bonds. The molecule has 2 aromatic carbocycles. The van der Waals surface area contributed by atoms with Crippen molar-refractivity contribution in [2.45, 2.75) is 26.6 Å². The van der Waals surface area contributed by atoms with Crippen molar-refractivity contribution >= 4 is 29.9 Å². The zero-order valence-corrected chi connectivity index (χ0v) is 18.4. The van der Waals surface area contributed by atoms with Crippen LogP contribution in [-0.2, 0) is 19.6 Å². The maximum atomic E-state index is 13.4. The summed E-state index contributed by atoms with van der Waals surface area (Å²) in [5.41, 5.74) is 2.87. The number of aliphatic imine (C=N–C) groups is 1. The van der Waals surface area contributed by atoms with Crippen molar-refractivity contribution < 1.29 is 4.39 Å². The molecule has 0 bridgehead atoms. The SMILES string of the molecule is CN=C(NCc1ccc(F)c(C)c1)NCc1nccn1Cc1ccccc1.I. The molecule has 3 rings (SSSR count). The van der Waals surface area contributed by atoms with Crippen LogP contribution in [-0.4, -0.2) is 22.6 Å². The number of nitrogens with zero attached hydrogens (tertiary/aromatic N) is 3. The van der Waals surface area contributed by atoms with Gasteiger partial charge in [0.05, 0.1) is 6.54 Å². The molecule has 148 valence electrons. The van der Waals surface area contributed by atoms with Gasteiger partial charge in [-0.25, -0.2) is 9.37 Å². The molecule has 0 radical (unpaired) electrons. The van der Waals surface area contributed by atoms with Gasteiger partial charge in [0.15, 0.2) is 5.96 Å². The fourth-order valence-corrected chi connectivity index (χ4v) is 2.82. The summed E-state index contributed by atoms with van der Waals surface area (Å²) in [5.74, 6) is 1.41. The zero-order valence-electron chi connectivity index (χ0n) is 16.0. The van der Waals surface area contributed by atoms with E-state index in [2.05, 4.69) is 37.3 Å². The first-order valence-electron chi connectivity index (χ1n) is 8.89. The van der Waals surface area contributed by atoms with Crippen LogP contribution in [0.3, 0.4) is 0 Å². The van der Waals surface area contributed by atoms with Crippen molar-refractivity contribution in [2.75, 3.05) is 7.05 Å². The van der Waals surface area contributed by atoms with Gasteiger partial charge in [0.25, 0.3) is 0 Å². The lowest BCUT2D eigenvalue weighted by Crippen LogP contribution is -2.37. The smallest absolute Gasteiger partial charge is 0.191 e. The molecule has 0 fully saturated rings. The van der Waals surface area contributed by atoms with Gasteiger partial charge >= 0.3 is 0 Å². The molecular weight excluding hydrogens is 468 g/mol. The first kappa shape index (κ1) is 21.9. The first-order chi connectivity index (χ1) is 13.2. The summed E-state index contributed by atoms with van der Waals surface area (Å²) in [7, 11) is 1.72. The summed E-state index contributed by atoms with van der Waals surface area (Å²) in [6.07, 6.45) is 3.78. The van der Waals surface area contributed by atoms with E-state index < -0.39 is 0 Å². The van der Waals surface area contributed by atoms with Gasteiger partial charge in [0.1, 0.15) is 11.6 Å². The van der Waals surface area contributed by atoms with Gasteiger partial charge < -0.3 is 15.2 Å². The van der Waals surface area contributed by atoms with E-state index in [4.69, 9.17) is 0 Å². The van der Waals surface area contributed by atoms with Crippen LogP contribution in [0.5, 0.6) is 0 Å². The molecule has 1 heterocycles. The number of nitrogens with one attached hydrogen (secondary N) is 2. The lowest BCUT2D eigenvalue weighted by Gasteiger charge is -2.13. The number of rotatable bonds is 6. The van der Waals surface area contributed by atoms with Gasteiger partial charge in [0, 0.05) is 32.5 Å². The molecular formula is C21H25FIN5. The Morgan fingerprint density at radius 1 is 1.07 bits per heavy atom. The standard InChI is InChI=1S/C21H24FN5.HI/c1-16-12-18(8-9-19(16)22)13-25-21(23-2)26-14-20-24-10-11-27(20)15-17-6-4-3-5-7-17;/h3-12H,13-15H2,1-2H3,(H2,23,25,26);1H. The fraction of sp³-hybridized carbons (Fsp3) is 0.238. The third kappa shape index (κ3) is 6.05. The van der Waals surface area contributed by atoms with Gasteiger partial charge in [-0.05, 0) is 29.7 Å². The van der Waals surface area contributed by atoms with Crippen molar-refractivity contribution in [2.24, 2.45) is 4.99 Å². The Morgan fingerprint density at radius 3 is 2.54 bits per heavy atom. The molecule has 0 unspecified atom stereocenters. The van der Waals surface area contributed by atoms with Crippen molar-refractivity contribution in [1.82, 2.24) is 20.2 Å². The Bertz CT molecular complexity index is 908. The minimum Gasteiger partial charge on any atom is -0.352 e. The summed E-state index contributed by atoms with van der Waals surface area (Å²) < 4.78 is 15.5. The van der Waals surface area contributed by atoms with E-state index in [0.717, 1.165) is 17.9 Å². The average Bonchev–Trinajstić information content (AvgIpc) is 3.12. The van der Waals surface area contributed by atoms with E-state index in [9.17, 15) is 4.39 Å². The molecule has 28 heavy (non-hydrogen) atoms. The highest BCUT2D eigenvalue weighted by molar-refractivity contribution is 14.0. The lowest BCUT2D eigenvalue weighted by atomic mass is 10.1. The third-order valence-corrected chi connectivity index (χ3v) is 4.32. The van der Waals surface area contributed by atoms with E-state index in [1.165, 1.54) is 11.6 Å². The minimum atomic E-state index is -0.188. The average molecular weight is 493 g/mol. The molecule has 0 saturated heterocycles. The Hall–Kier alpha value is -2.42. The molecule has 0 atom stereocenters. The van der Waals surface area contributed by atoms with E-state index in [0.29, 0.717) is 24.6 Å². The molecule has 1 aromatic heterocycles. The number of halogens is 2. The summed E-state index contributed by atoms with van der Waals surface area (Å²) in [5, 5.41) is 6.52. The van der Waals surface area contributed by atoms with Gasteiger partial charge in [-0.1, -0.05) is 42.5 Å². The number of aromatic nitrogens is 2. The highest BCUT2D eigenvalue weighted by atomic mass is 127. The van der Waals surface area contributed by atoms with Crippen LogP contribution in [0, 0.1) is 12.7 Å². The van der Waals surface area contributed by atoms with Gasteiger partial charge in [0.2, 0.25) is 0 Å². The lowest BCUT2D eigenvalue weighted by molar-refractivity contribution is 0.617. The van der Waals surface area contributed by atoms with Crippen LogP contribution in [0.4, 0.5) is 4.39 Å². The van der Waals surface area contributed by atoms with E-state index in [-0.39, 0.29) is 29.8 Å². The van der Waals surface area contributed by atoms with Crippen molar-refractivity contribution in [3.05, 3.63) is 89.3 Å². The molecule has 7 heteroatoms. The number of imidazole rings is 1. The molecule has 2 N–H and O–H groups in total. The number of hydrogen-bond acceptors (Lipinski definition) is 2. The quantitative estimate of drug-likeness (QED) is 0.312. The number of benzene rings is 2. The van der Waals surface area contributed by atoms with E-state index >= 15 is 0 Å². The molecule has 0 aliphatic heterocycles. The molecule has 0 aliphatic carbocycles. The van der Waals surface area contributed by atoms with Gasteiger partial charge in [-0.2, -0.15) is 0 Å². The normalized spacial score (nSPS) is 11.0. The van der Waals surface area contributed by atoms with E-state index in [1.54, 1.807) is 26.2 Å². The predicted octanol–water partition coefficient (Wildman–Crippen LogP) is 3.86. The van der Waals surface area contributed by atoms with Crippen LogP contribution in [0.1, 0.15) is 22.5 Å². The van der Waals surface area contributed by atoms with Crippen LogP contribution in [0.15, 0.2) is 65.9 Å². The second kappa shape index (κ2) is 10.8. The Labute approximate surface area is 182 Å². The Balaban J connectivity index is 0.00000280. The molecule has 0 saturated carbocycles. The fourth-order valence-electron chi connectivity index (χ4n) is 2.82. The van der Waals surface area contributed by atoms with Crippen molar-refractivity contribution in [1.29, 1.82) is 0 Å². The summed E-state index contributed by atoms with van der Waals surface area (Å²) >= 11 is 0. The number of guanidine groups is 1. The largest absolute Gasteiger partial charge is 0.352 e. The first-order valence-corrected chi connectivity index (χ1v) is 8.89. The van der Waals surface area contributed by atoms with Crippen LogP contribution in [0.2, 0.25) is 0 Å². The molecule has 0 aliphatic rings. The van der Waals surface area contributed by atoms with Crippen LogP contribution in [0.25, 0.3) is 0 Å². The Kier molecular flexibility index (Phi) is 8.43. The summed E-state index contributed by atoms with van der Waals surface area (Å²) in [4.78, 5) is 8.67. The second-order valence-electron chi connectivity index (χ2n) is 6.32. The zero-order chi connectivity index (χ0) is 19.1. The van der Waals surface area contributed by atoms with Crippen LogP contribution >= 0.6 is 24.0 Å². The van der Waals surface area contributed by atoms with Crippen LogP contribution < -0.4 is 10.6 Å². The topological polar surface area (TPSA) is 54.2 Å². The summed E-state index contributed by atoms with van der Waals surface area (Å²) in [6, 6.07) is 15.4. The minimum absolute atomic E-state index is 0. The monoisotopic (exact) mass is 493 g/mol. The molecule has 3 aromatic rings. The maximum absolute atomic E-state index is 13.4. The number of aryl methyl sites for hydroxylation is 1. The van der Waals surface area contributed by atoms with E-state index in [1.807, 2.05) is 30.5 Å². The summed E-state index contributed by atoms with van der Waals surface area (Å²) in [6.45, 7) is 3.67. The highest BCUT2D eigenvalue weighted by Crippen LogP contribution is 2.09. The number of hydrogen-bond donors (Lipinski definition) is 2. The highest BCUT2D eigenvalue weighted by Gasteiger charge is 2.06. The molecule has 5 nitrogen and oxygen atoms in total. The van der Waals surface area contributed by atoms with Crippen molar-refractivity contribution in [3.63, 3.8) is 0 Å². The third-order valence-electron chi connectivity index (χ3n) is 4.32.